The molecule has 0 saturated carbocycles. The minimum atomic E-state index is -2.96. The molecule has 0 fully saturated rings. The summed E-state index contributed by atoms with van der Waals surface area (Å²) in [6.45, 7) is -0.637. The van der Waals surface area contributed by atoms with Gasteiger partial charge in [-0.1, -0.05) is 0 Å². The molecule has 1 unspecified atom stereocenters. The molecule has 0 bridgehead atoms. The molecule has 6 nitrogen and oxygen atoms in total. The van der Waals surface area contributed by atoms with E-state index in [0.29, 0.717) is 4.96 Å². The Hall–Kier alpha value is -1.87. The van der Waals surface area contributed by atoms with Crippen LogP contribution in [0.5, 0.6) is 0 Å². The average Bonchev–Trinajstić information content (AvgIpc) is 2.85. The van der Waals surface area contributed by atoms with Crippen LogP contribution in [0.25, 0.3) is 4.96 Å². The first-order valence-electron chi connectivity index (χ1n) is 5.20. The third kappa shape index (κ3) is 2.76. The second-order valence-electron chi connectivity index (χ2n) is 3.64. The number of fused-ring (bicyclic) bond motifs is 1. The Balaban J connectivity index is 2.18. The van der Waals surface area contributed by atoms with Crippen molar-refractivity contribution in [3.8, 4) is 0 Å². The first kappa shape index (κ1) is 13.6. The molecular weight excluding hydrogens is 280 g/mol. The monoisotopic (exact) mass is 289 g/mol. The van der Waals surface area contributed by atoms with Gasteiger partial charge in [-0.15, -0.1) is 11.3 Å². The fourth-order valence-corrected chi connectivity index (χ4v) is 2.04. The van der Waals surface area contributed by atoms with Crippen molar-refractivity contribution in [2.24, 2.45) is 0 Å². The molecule has 0 aliphatic rings. The highest BCUT2D eigenvalue weighted by atomic mass is 32.1. The Morgan fingerprint density at radius 3 is 3.00 bits per heavy atom. The Morgan fingerprint density at radius 2 is 2.32 bits per heavy atom. The Kier molecular flexibility index (Phi) is 3.86. The summed E-state index contributed by atoms with van der Waals surface area (Å²) in [6, 6.07) is 0. The number of nitrogens with zero attached hydrogens (tertiary/aromatic N) is 2. The van der Waals surface area contributed by atoms with Crippen LogP contribution in [0.1, 0.15) is 10.4 Å². The summed E-state index contributed by atoms with van der Waals surface area (Å²) in [5.74, 6) is -0.849. The van der Waals surface area contributed by atoms with Crippen molar-refractivity contribution < 1.29 is 18.7 Å². The number of halogens is 2. The molecule has 102 valence electrons. The smallest absolute Gasteiger partial charge is 0.271 e. The van der Waals surface area contributed by atoms with Gasteiger partial charge in [0.1, 0.15) is 11.7 Å². The quantitative estimate of drug-likeness (QED) is 0.837. The molecule has 2 aromatic rings. The minimum Gasteiger partial charge on any atom is -0.385 e. The number of aliphatic hydroxyl groups is 1. The summed E-state index contributed by atoms with van der Waals surface area (Å²) in [6.07, 6.45) is -2.39. The number of thiazole rings is 1. The van der Waals surface area contributed by atoms with Gasteiger partial charge in [0.05, 0.1) is 0 Å². The molecule has 0 saturated heterocycles. The highest BCUT2D eigenvalue weighted by molar-refractivity contribution is 7.15. The summed E-state index contributed by atoms with van der Waals surface area (Å²) < 4.78 is 25.3. The number of carbonyl (C=O) groups excluding carboxylic acids is 1. The lowest BCUT2D eigenvalue weighted by Crippen LogP contribution is -2.38. The Morgan fingerprint density at radius 1 is 1.58 bits per heavy atom. The van der Waals surface area contributed by atoms with Gasteiger partial charge in [-0.2, -0.15) is 0 Å². The number of amides is 1. The summed E-state index contributed by atoms with van der Waals surface area (Å²) in [7, 11) is 0. The van der Waals surface area contributed by atoms with Crippen LogP contribution in [0.15, 0.2) is 22.6 Å². The van der Waals surface area contributed by atoms with Gasteiger partial charge in [-0.05, 0) is 0 Å². The molecule has 1 amide bonds. The van der Waals surface area contributed by atoms with Gasteiger partial charge in [-0.3, -0.25) is 14.0 Å². The number of aromatic nitrogens is 2. The first-order chi connectivity index (χ1) is 9.00. The number of hydrogen-bond acceptors (Lipinski definition) is 5. The lowest BCUT2D eigenvalue weighted by Gasteiger charge is -2.10. The van der Waals surface area contributed by atoms with Gasteiger partial charge in [0.15, 0.2) is 4.96 Å². The van der Waals surface area contributed by atoms with Crippen molar-refractivity contribution in [3.05, 3.63) is 33.7 Å². The SMILES string of the molecule is O=C(NCC(O)C(F)F)c1cnc2sccn2c1=O. The molecular formula is C10H9F2N3O3S. The molecule has 9 heteroatoms. The Bertz CT molecular complexity index is 655. The topological polar surface area (TPSA) is 83.7 Å². The van der Waals surface area contributed by atoms with Gasteiger partial charge >= 0.3 is 0 Å². The molecule has 19 heavy (non-hydrogen) atoms. The molecule has 2 aromatic heterocycles. The largest absolute Gasteiger partial charge is 0.385 e. The maximum atomic E-state index is 12.0. The molecule has 2 N–H and O–H groups in total. The second-order valence-corrected chi connectivity index (χ2v) is 4.52. The number of rotatable bonds is 4. The van der Waals surface area contributed by atoms with Crippen molar-refractivity contribution in [3.63, 3.8) is 0 Å². The minimum absolute atomic E-state index is 0.266. The number of carbonyl (C=O) groups is 1. The number of aliphatic hydroxyl groups excluding tert-OH is 1. The van der Waals surface area contributed by atoms with Crippen LogP contribution in [-0.2, 0) is 0 Å². The van der Waals surface area contributed by atoms with Crippen molar-refractivity contribution in [2.75, 3.05) is 6.54 Å². The molecule has 0 aromatic carbocycles. The molecule has 0 radical (unpaired) electrons. The average molecular weight is 289 g/mol. The van der Waals surface area contributed by atoms with E-state index in [-0.39, 0.29) is 5.56 Å². The normalized spacial score (nSPS) is 12.8. The summed E-state index contributed by atoms with van der Waals surface area (Å²) in [4.78, 5) is 27.8. The number of hydrogen-bond donors (Lipinski definition) is 2. The van der Waals surface area contributed by atoms with Crippen LogP contribution >= 0.6 is 11.3 Å². The van der Waals surface area contributed by atoms with E-state index in [0.717, 1.165) is 6.20 Å². The van der Waals surface area contributed by atoms with E-state index < -0.39 is 30.5 Å². The van der Waals surface area contributed by atoms with Crippen LogP contribution in [-0.4, -0.2) is 39.5 Å². The third-order valence-electron chi connectivity index (χ3n) is 2.35. The van der Waals surface area contributed by atoms with E-state index in [2.05, 4.69) is 10.3 Å². The fourth-order valence-electron chi connectivity index (χ4n) is 1.36. The van der Waals surface area contributed by atoms with Crippen molar-refractivity contribution in [2.45, 2.75) is 12.5 Å². The van der Waals surface area contributed by atoms with Gasteiger partial charge in [0, 0.05) is 24.3 Å². The van der Waals surface area contributed by atoms with Crippen LogP contribution in [0.3, 0.4) is 0 Å². The van der Waals surface area contributed by atoms with Crippen LogP contribution < -0.4 is 10.9 Å². The zero-order chi connectivity index (χ0) is 14.0. The van der Waals surface area contributed by atoms with Gasteiger partial charge < -0.3 is 10.4 Å². The highest BCUT2D eigenvalue weighted by Crippen LogP contribution is 2.05. The van der Waals surface area contributed by atoms with Crippen molar-refractivity contribution >= 4 is 22.2 Å². The number of alkyl halides is 2. The van der Waals surface area contributed by atoms with E-state index in [1.165, 1.54) is 21.9 Å². The predicted molar refractivity (Wildman–Crippen MR) is 63.7 cm³/mol. The van der Waals surface area contributed by atoms with Crippen molar-refractivity contribution in [1.82, 2.24) is 14.7 Å². The summed E-state index contributed by atoms with van der Waals surface area (Å²) in [5, 5.41) is 12.6. The number of nitrogens with one attached hydrogen (secondary N) is 1. The molecule has 0 spiro atoms. The van der Waals surface area contributed by atoms with E-state index in [1.54, 1.807) is 5.38 Å². The molecule has 0 aliphatic heterocycles. The van der Waals surface area contributed by atoms with E-state index in [1.807, 2.05) is 0 Å². The maximum absolute atomic E-state index is 12.0. The zero-order valence-corrected chi connectivity index (χ0v) is 10.2. The molecule has 0 aliphatic carbocycles. The van der Waals surface area contributed by atoms with E-state index >= 15 is 0 Å². The third-order valence-corrected chi connectivity index (χ3v) is 3.12. The standard InChI is InChI=1S/C10H9F2N3O3S/c11-7(12)6(16)4-13-8(17)5-3-14-10-15(9(5)18)1-2-19-10/h1-3,6-7,16H,4H2,(H,13,17). The zero-order valence-electron chi connectivity index (χ0n) is 9.42. The first-order valence-corrected chi connectivity index (χ1v) is 6.08. The van der Waals surface area contributed by atoms with Crippen molar-refractivity contribution in [1.29, 1.82) is 0 Å². The summed E-state index contributed by atoms with van der Waals surface area (Å²) >= 11 is 1.23. The van der Waals surface area contributed by atoms with Gasteiger partial charge in [0.2, 0.25) is 0 Å². The van der Waals surface area contributed by atoms with E-state index in [9.17, 15) is 18.4 Å². The highest BCUT2D eigenvalue weighted by Gasteiger charge is 2.19. The van der Waals surface area contributed by atoms with Crippen LogP contribution in [0, 0.1) is 0 Å². The lowest BCUT2D eigenvalue weighted by molar-refractivity contribution is -0.00271. The van der Waals surface area contributed by atoms with Gasteiger partial charge in [0.25, 0.3) is 17.9 Å². The molecule has 2 rings (SSSR count). The fraction of sp³-hybridized carbons (Fsp3) is 0.300. The lowest BCUT2D eigenvalue weighted by atomic mass is 10.3. The summed E-state index contributed by atoms with van der Waals surface area (Å²) in [5.41, 5.74) is -0.854. The molecule has 2 heterocycles. The van der Waals surface area contributed by atoms with Crippen LogP contribution in [0.4, 0.5) is 8.78 Å². The van der Waals surface area contributed by atoms with E-state index in [4.69, 9.17) is 5.11 Å². The predicted octanol–water partition coefficient (Wildman–Crippen LogP) is 0.112. The maximum Gasteiger partial charge on any atom is 0.271 e. The van der Waals surface area contributed by atoms with Crippen LogP contribution in [0.2, 0.25) is 0 Å². The molecule has 1 atom stereocenters. The Labute approximate surface area is 109 Å². The van der Waals surface area contributed by atoms with Gasteiger partial charge in [-0.25, -0.2) is 13.8 Å². The second kappa shape index (κ2) is 5.41.